The van der Waals surface area contributed by atoms with E-state index < -0.39 is 0 Å². The fraction of sp³-hybridized carbons (Fsp3) is 0.154. The van der Waals surface area contributed by atoms with Gasteiger partial charge in [0, 0.05) is 0 Å². The molecular formula is C13H14ClN3O. The molecule has 5 heteroatoms. The maximum Gasteiger partial charge on any atom is 0.140 e. The summed E-state index contributed by atoms with van der Waals surface area (Å²) in [6.07, 6.45) is 0. The number of aryl methyl sites for hydroxylation is 1. The molecule has 4 nitrogen and oxygen atoms in total. The molecule has 0 radical (unpaired) electrons. The molecule has 0 aliphatic rings. The van der Waals surface area contributed by atoms with E-state index in [1.165, 1.54) is 0 Å². The molecule has 0 amide bonds. The van der Waals surface area contributed by atoms with Crippen molar-refractivity contribution in [1.29, 1.82) is 0 Å². The molecule has 0 saturated carbocycles. The number of hydrogen-bond donors (Lipinski definition) is 2. The van der Waals surface area contributed by atoms with Crippen LogP contribution < -0.4 is 16.0 Å². The summed E-state index contributed by atoms with van der Waals surface area (Å²) in [5.74, 6) is 6.65. The van der Waals surface area contributed by atoms with E-state index in [1.54, 1.807) is 12.1 Å². The molecule has 3 N–H and O–H groups in total. The zero-order chi connectivity index (χ0) is 13.0. The van der Waals surface area contributed by atoms with Crippen molar-refractivity contribution in [1.82, 2.24) is 4.98 Å². The summed E-state index contributed by atoms with van der Waals surface area (Å²) in [5.41, 5.74) is 4.27. The second-order valence-electron chi connectivity index (χ2n) is 3.87. The lowest BCUT2D eigenvalue weighted by molar-refractivity contribution is 0.301. The molecule has 2 rings (SSSR count). The zero-order valence-electron chi connectivity index (χ0n) is 9.98. The van der Waals surface area contributed by atoms with Gasteiger partial charge in [-0.1, -0.05) is 23.7 Å². The Morgan fingerprint density at radius 1 is 1.33 bits per heavy atom. The molecule has 0 unspecified atom stereocenters. The number of nitrogen functional groups attached to an aromatic ring is 1. The average Bonchev–Trinajstić information content (AvgIpc) is 2.38. The van der Waals surface area contributed by atoms with E-state index in [0.717, 1.165) is 11.3 Å². The van der Waals surface area contributed by atoms with Crippen LogP contribution in [0.15, 0.2) is 36.4 Å². The maximum atomic E-state index is 6.04. The van der Waals surface area contributed by atoms with Crippen molar-refractivity contribution in [2.24, 2.45) is 5.84 Å². The van der Waals surface area contributed by atoms with Gasteiger partial charge in [0.25, 0.3) is 0 Å². The lowest BCUT2D eigenvalue weighted by atomic mass is 10.2. The van der Waals surface area contributed by atoms with Crippen LogP contribution in [0, 0.1) is 6.92 Å². The topological polar surface area (TPSA) is 60.2 Å². The Hall–Kier alpha value is -1.78. The van der Waals surface area contributed by atoms with E-state index in [1.807, 2.05) is 31.2 Å². The molecule has 94 valence electrons. The molecule has 0 aliphatic carbocycles. The molecule has 0 spiro atoms. The van der Waals surface area contributed by atoms with Gasteiger partial charge < -0.3 is 10.2 Å². The van der Waals surface area contributed by atoms with Crippen LogP contribution in [0.4, 0.5) is 5.82 Å². The number of nitrogens with one attached hydrogen (secondary N) is 1. The Morgan fingerprint density at radius 3 is 2.89 bits per heavy atom. The van der Waals surface area contributed by atoms with Gasteiger partial charge in [-0.2, -0.15) is 0 Å². The second-order valence-corrected chi connectivity index (χ2v) is 4.28. The Balaban J connectivity index is 2.10. The normalized spacial score (nSPS) is 10.2. The van der Waals surface area contributed by atoms with E-state index in [-0.39, 0.29) is 0 Å². The summed E-state index contributed by atoms with van der Waals surface area (Å²) in [5, 5.41) is 0.557. The van der Waals surface area contributed by atoms with Crippen LogP contribution in [0.1, 0.15) is 11.3 Å². The first kappa shape index (κ1) is 12.7. The van der Waals surface area contributed by atoms with Gasteiger partial charge in [-0.25, -0.2) is 10.8 Å². The first-order chi connectivity index (χ1) is 8.69. The van der Waals surface area contributed by atoms with Crippen molar-refractivity contribution in [3.8, 4) is 5.75 Å². The highest BCUT2D eigenvalue weighted by Gasteiger charge is 2.05. The lowest BCUT2D eigenvalue weighted by Crippen LogP contribution is -2.10. The number of benzene rings is 1. The van der Waals surface area contributed by atoms with Crippen molar-refractivity contribution in [3.63, 3.8) is 0 Å². The summed E-state index contributed by atoms with van der Waals surface area (Å²) in [6, 6.07) is 11.2. The standard InChI is InChI=1S/C13H14ClN3O/c1-9-3-2-4-10(7-9)18-8-12-11(14)5-6-13(16-12)17-15/h2-7H,8,15H2,1H3,(H,16,17). The van der Waals surface area contributed by atoms with Crippen LogP contribution >= 0.6 is 11.6 Å². The van der Waals surface area contributed by atoms with Crippen LogP contribution in [0.2, 0.25) is 5.02 Å². The minimum atomic E-state index is 0.303. The van der Waals surface area contributed by atoms with E-state index >= 15 is 0 Å². The van der Waals surface area contributed by atoms with Crippen molar-refractivity contribution in [2.45, 2.75) is 13.5 Å². The molecule has 18 heavy (non-hydrogen) atoms. The highest BCUT2D eigenvalue weighted by molar-refractivity contribution is 6.31. The Morgan fingerprint density at radius 2 is 2.17 bits per heavy atom. The van der Waals surface area contributed by atoms with E-state index in [2.05, 4.69) is 10.4 Å². The molecule has 1 aromatic carbocycles. The molecule has 1 aromatic heterocycles. The van der Waals surface area contributed by atoms with Crippen LogP contribution in [0.5, 0.6) is 5.75 Å². The van der Waals surface area contributed by atoms with Crippen LogP contribution in [0.3, 0.4) is 0 Å². The van der Waals surface area contributed by atoms with Crippen molar-refractivity contribution in [2.75, 3.05) is 5.43 Å². The van der Waals surface area contributed by atoms with Crippen molar-refractivity contribution < 1.29 is 4.74 Å². The largest absolute Gasteiger partial charge is 0.487 e. The Kier molecular flexibility index (Phi) is 4.02. The van der Waals surface area contributed by atoms with Crippen LogP contribution in [-0.2, 0) is 6.61 Å². The summed E-state index contributed by atoms with van der Waals surface area (Å²) in [7, 11) is 0. The number of anilines is 1. The van der Waals surface area contributed by atoms with Gasteiger partial charge in [-0.15, -0.1) is 0 Å². The number of rotatable bonds is 4. The Bertz CT molecular complexity index is 546. The van der Waals surface area contributed by atoms with Crippen molar-refractivity contribution >= 4 is 17.4 Å². The second kappa shape index (κ2) is 5.71. The van der Waals surface area contributed by atoms with Gasteiger partial charge in [0.2, 0.25) is 0 Å². The van der Waals surface area contributed by atoms with Crippen LogP contribution in [-0.4, -0.2) is 4.98 Å². The van der Waals surface area contributed by atoms with E-state index in [9.17, 15) is 0 Å². The predicted molar refractivity (Wildman–Crippen MR) is 72.6 cm³/mol. The summed E-state index contributed by atoms with van der Waals surface area (Å²) < 4.78 is 5.64. The zero-order valence-corrected chi connectivity index (χ0v) is 10.7. The molecular weight excluding hydrogens is 250 g/mol. The number of halogens is 1. The van der Waals surface area contributed by atoms with Gasteiger partial charge >= 0.3 is 0 Å². The molecule has 0 atom stereocenters. The lowest BCUT2D eigenvalue weighted by Gasteiger charge is -2.09. The molecule has 1 heterocycles. The van der Waals surface area contributed by atoms with Gasteiger partial charge in [-0.3, -0.25) is 0 Å². The highest BCUT2D eigenvalue weighted by atomic mass is 35.5. The third-order valence-corrected chi connectivity index (χ3v) is 2.78. The number of hydrogen-bond acceptors (Lipinski definition) is 4. The predicted octanol–water partition coefficient (Wildman–Crippen LogP) is 2.91. The minimum Gasteiger partial charge on any atom is -0.487 e. The van der Waals surface area contributed by atoms with Gasteiger partial charge in [-0.05, 0) is 36.8 Å². The maximum absolute atomic E-state index is 6.04. The highest BCUT2D eigenvalue weighted by Crippen LogP contribution is 2.19. The summed E-state index contributed by atoms with van der Waals surface area (Å²) in [4.78, 5) is 4.24. The number of nitrogens with zero attached hydrogens (tertiary/aromatic N) is 1. The van der Waals surface area contributed by atoms with Gasteiger partial charge in [0.05, 0.1) is 10.7 Å². The quantitative estimate of drug-likeness (QED) is 0.658. The number of ether oxygens (including phenoxy) is 1. The average molecular weight is 264 g/mol. The number of hydrazine groups is 1. The first-order valence-corrected chi connectivity index (χ1v) is 5.88. The minimum absolute atomic E-state index is 0.303. The van der Waals surface area contributed by atoms with Gasteiger partial charge in [0.1, 0.15) is 18.2 Å². The number of aromatic nitrogens is 1. The van der Waals surface area contributed by atoms with Crippen molar-refractivity contribution in [3.05, 3.63) is 52.7 Å². The smallest absolute Gasteiger partial charge is 0.140 e. The Labute approximate surface area is 111 Å². The third-order valence-electron chi connectivity index (χ3n) is 2.43. The van der Waals surface area contributed by atoms with Gasteiger partial charge in [0.15, 0.2) is 0 Å². The van der Waals surface area contributed by atoms with Crippen LogP contribution in [0.25, 0.3) is 0 Å². The first-order valence-electron chi connectivity index (χ1n) is 5.50. The van der Waals surface area contributed by atoms with E-state index in [4.69, 9.17) is 22.2 Å². The fourth-order valence-electron chi connectivity index (χ4n) is 1.52. The molecule has 0 saturated heterocycles. The summed E-state index contributed by atoms with van der Waals surface area (Å²) in [6.45, 7) is 2.31. The van der Waals surface area contributed by atoms with E-state index in [0.29, 0.717) is 23.1 Å². The monoisotopic (exact) mass is 263 g/mol. The number of nitrogens with two attached hydrogens (primary N) is 1. The molecule has 0 aliphatic heterocycles. The summed E-state index contributed by atoms with van der Waals surface area (Å²) >= 11 is 6.04. The molecule has 0 bridgehead atoms. The number of pyridine rings is 1. The SMILES string of the molecule is Cc1cccc(OCc2nc(NN)ccc2Cl)c1. The molecule has 2 aromatic rings. The third kappa shape index (κ3) is 3.12. The molecule has 0 fully saturated rings. The fourth-order valence-corrected chi connectivity index (χ4v) is 1.68.